The molecule has 2 heteroatoms. The van der Waals surface area contributed by atoms with E-state index in [4.69, 9.17) is 0 Å². The van der Waals surface area contributed by atoms with Crippen LogP contribution in [0.15, 0.2) is 0 Å². The van der Waals surface area contributed by atoms with Crippen LogP contribution in [0.2, 0.25) is 0 Å². The Kier molecular flexibility index (Phi) is 7.14. The predicted octanol–water partition coefficient (Wildman–Crippen LogP) is 3.28. The average Bonchev–Trinajstić information content (AvgIpc) is 2.35. The monoisotopic (exact) mass is 240 g/mol. The smallest absolute Gasteiger partial charge is 0.0107 e. The molecule has 0 radical (unpaired) electrons. The highest BCUT2D eigenvalue weighted by Gasteiger charge is 2.21. The number of hydrogen-bond acceptors (Lipinski definition) is 2. The third-order valence-electron chi connectivity index (χ3n) is 4.49. The molecule has 0 aromatic rings. The lowest BCUT2D eigenvalue weighted by molar-refractivity contribution is 0.169. The first-order valence-electron chi connectivity index (χ1n) is 7.60. The second-order valence-electron chi connectivity index (χ2n) is 5.86. The van der Waals surface area contributed by atoms with Gasteiger partial charge in [0.2, 0.25) is 0 Å². The summed E-state index contributed by atoms with van der Waals surface area (Å²) < 4.78 is 0. The molecule has 1 rings (SSSR count). The van der Waals surface area contributed by atoms with E-state index in [0.29, 0.717) is 0 Å². The zero-order valence-electron chi connectivity index (χ0n) is 12.3. The number of nitrogens with zero attached hydrogens (tertiary/aromatic N) is 1. The Morgan fingerprint density at radius 1 is 1.12 bits per heavy atom. The lowest BCUT2D eigenvalue weighted by Gasteiger charge is -2.34. The third-order valence-corrected chi connectivity index (χ3v) is 4.49. The molecule has 0 amide bonds. The molecule has 102 valence electrons. The predicted molar refractivity (Wildman–Crippen MR) is 76.4 cm³/mol. The fraction of sp³-hybridized carbons (Fsp3) is 1.00. The van der Waals surface area contributed by atoms with Crippen LogP contribution >= 0.6 is 0 Å². The Bertz CT molecular complexity index is 181. The van der Waals surface area contributed by atoms with Crippen molar-refractivity contribution in [1.29, 1.82) is 0 Å². The lowest BCUT2D eigenvalue weighted by atomic mass is 9.87. The first-order chi connectivity index (χ1) is 8.17. The number of nitrogens with one attached hydrogen (secondary N) is 1. The van der Waals surface area contributed by atoms with Crippen molar-refractivity contribution in [2.45, 2.75) is 71.4 Å². The van der Waals surface area contributed by atoms with Gasteiger partial charge in [-0.1, -0.05) is 20.8 Å². The summed E-state index contributed by atoms with van der Waals surface area (Å²) in [5.41, 5.74) is 0. The summed E-state index contributed by atoms with van der Waals surface area (Å²) in [6, 6.07) is 1.56. The molecule has 0 saturated heterocycles. The maximum Gasteiger partial charge on any atom is 0.0107 e. The molecule has 1 N–H and O–H groups in total. The maximum atomic E-state index is 3.66. The SMILES string of the molecule is CCC(CC)NCCN(C)C1CCC(C)CC1. The molecule has 0 aromatic heterocycles. The van der Waals surface area contributed by atoms with Crippen LogP contribution in [0.1, 0.15) is 59.3 Å². The van der Waals surface area contributed by atoms with Gasteiger partial charge in [0.25, 0.3) is 0 Å². The minimum Gasteiger partial charge on any atom is -0.313 e. The van der Waals surface area contributed by atoms with E-state index in [0.717, 1.165) is 24.5 Å². The molecule has 0 atom stereocenters. The van der Waals surface area contributed by atoms with Crippen LogP contribution in [0.4, 0.5) is 0 Å². The quantitative estimate of drug-likeness (QED) is 0.735. The average molecular weight is 240 g/mol. The maximum absolute atomic E-state index is 3.66. The van der Waals surface area contributed by atoms with Gasteiger partial charge in [-0.05, 0) is 51.5 Å². The summed E-state index contributed by atoms with van der Waals surface area (Å²) in [5.74, 6) is 0.960. The fourth-order valence-electron chi connectivity index (χ4n) is 2.89. The Labute approximate surface area is 108 Å². The van der Waals surface area contributed by atoms with Gasteiger partial charge in [-0.15, -0.1) is 0 Å². The highest BCUT2D eigenvalue weighted by molar-refractivity contribution is 4.77. The molecule has 0 heterocycles. The van der Waals surface area contributed by atoms with Crippen molar-refractivity contribution >= 4 is 0 Å². The minimum atomic E-state index is 0.717. The van der Waals surface area contributed by atoms with Gasteiger partial charge < -0.3 is 10.2 Å². The van der Waals surface area contributed by atoms with Crippen molar-refractivity contribution in [3.8, 4) is 0 Å². The zero-order chi connectivity index (χ0) is 12.7. The van der Waals surface area contributed by atoms with E-state index in [2.05, 4.69) is 38.0 Å². The Morgan fingerprint density at radius 3 is 2.24 bits per heavy atom. The molecular weight excluding hydrogens is 208 g/mol. The van der Waals surface area contributed by atoms with Crippen LogP contribution in [-0.4, -0.2) is 37.1 Å². The number of rotatable bonds is 7. The summed E-state index contributed by atoms with van der Waals surface area (Å²) in [4.78, 5) is 2.57. The van der Waals surface area contributed by atoms with E-state index in [1.54, 1.807) is 0 Å². The van der Waals surface area contributed by atoms with Crippen molar-refractivity contribution in [1.82, 2.24) is 10.2 Å². The zero-order valence-corrected chi connectivity index (χ0v) is 12.3. The van der Waals surface area contributed by atoms with E-state index in [9.17, 15) is 0 Å². The summed E-state index contributed by atoms with van der Waals surface area (Å²) in [6.45, 7) is 9.29. The summed E-state index contributed by atoms with van der Waals surface area (Å²) >= 11 is 0. The van der Waals surface area contributed by atoms with Gasteiger partial charge in [0.1, 0.15) is 0 Å². The van der Waals surface area contributed by atoms with Gasteiger partial charge in [-0.25, -0.2) is 0 Å². The van der Waals surface area contributed by atoms with Crippen molar-refractivity contribution < 1.29 is 0 Å². The molecule has 17 heavy (non-hydrogen) atoms. The van der Waals surface area contributed by atoms with Crippen LogP contribution < -0.4 is 5.32 Å². The Balaban J connectivity index is 2.14. The molecule has 1 saturated carbocycles. The minimum absolute atomic E-state index is 0.717. The van der Waals surface area contributed by atoms with Gasteiger partial charge in [-0.2, -0.15) is 0 Å². The van der Waals surface area contributed by atoms with Crippen LogP contribution in [-0.2, 0) is 0 Å². The fourth-order valence-corrected chi connectivity index (χ4v) is 2.89. The van der Waals surface area contributed by atoms with Gasteiger partial charge in [0.15, 0.2) is 0 Å². The Morgan fingerprint density at radius 2 is 1.71 bits per heavy atom. The van der Waals surface area contributed by atoms with E-state index >= 15 is 0 Å². The van der Waals surface area contributed by atoms with Crippen LogP contribution in [0.5, 0.6) is 0 Å². The largest absolute Gasteiger partial charge is 0.313 e. The highest BCUT2D eigenvalue weighted by Crippen LogP contribution is 2.26. The molecule has 1 aliphatic carbocycles. The second kappa shape index (κ2) is 8.10. The summed E-state index contributed by atoms with van der Waals surface area (Å²) in [5, 5.41) is 3.66. The van der Waals surface area contributed by atoms with Gasteiger partial charge in [0, 0.05) is 25.2 Å². The molecule has 1 fully saturated rings. The molecule has 0 unspecified atom stereocenters. The van der Waals surface area contributed by atoms with Crippen molar-refractivity contribution in [3.63, 3.8) is 0 Å². The van der Waals surface area contributed by atoms with Crippen molar-refractivity contribution in [2.24, 2.45) is 5.92 Å². The van der Waals surface area contributed by atoms with Crippen molar-refractivity contribution in [3.05, 3.63) is 0 Å². The van der Waals surface area contributed by atoms with E-state index in [1.807, 2.05) is 0 Å². The van der Waals surface area contributed by atoms with Gasteiger partial charge >= 0.3 is 0 Å². The van der Waals surface area contributed by atoms with Crippen molar-refractivity contribution in [2.75, 3.05) is 20.1 Å². The molecule has 0 spiro atoms. The highest BCUT2D eigenvalue weighted by atomic mass is 15.1. The number of hydrogen-bond donors (Lipinski definition) is 1. The van der Waals surface area contributed by atoms with Gasteiger partial charge in [-0.3, -0.25) is 0 Å². The summed E-state index contributed by atoms with van der Waals surface area (Å²) in [6.07, 6.45) is 8.16. The molecular formula is C15H32N2. The molecule has 0 aliphatic heterocycles. The van der Waals surface area contributed by atoms with Gasteiger partial charge in [0.05, 0.1) is 0 Å². The molecule has 0 bridgehead atoms. The van der Waals surface area contributed by atoms with E-state index in [1.165, 1.54) is 45.1 Å². The van der Waals surface area contributed by atoms with Crippen LogP contribution in [0, 0.1) is 5.92 Å². The van der Waals surface area contributed by atoms with E-state index in [-0.39, 0.29) is 0 Å². The Hall–Kier alpha value is -0.0800. The van der Waals surface area contributed by atoms with E-state index < -0.39 is 0 Å². The van der Waals surface area contributed by atoms with Crippen LogP contribution in [0.3, 0.4) is 0 Å². The third kappa shape index (κ3) is 5.39. The number of likely N-dealkylation sites (N-methyl/N-ethyl adjacent to an activating group) is 1. The molecule has 1 aliphatic rings. The molecule has 0 aromatic carbocycles. The first-order valence-corrected chi connectivity index (χ1v) is 7.60. The normalized spacial score (nSPS) is 25.8. The molecule has 2 nitrogen and oxygen atoms in total. The first kappa shape index (κ1) is 15.0. The van der Waals surface area contributed by atoms with Crippen LogP contribution in [0.25, 0.3) is 0 Å². The topological polar surface area (TPSA) is 15.3 Å². The summed E-state index contributed by atoms with van der Waals surface area (Å²) in [7, 11) is 2.30. The standard InChI is InChI=1S/C15H32N2/c1-5-14(6-2)16-11-12-17(4)15-9-7-13(3)8-10-15/h13-16H,5-12H2,1-4H3. The lowest BCUT2D eigenvalue weighted by Crippen LogP contribution is -2.41. The second-order valence-corrected chi connectivity index (χ2v) is 5.86.